The van der Waals surface area contributed by atoms with Gasteiger partial charge in [0.05, 0.1) is 5.56 Å². The molecule has 2 rings (SSSR count). The molecule has 0 aliphatic heterocycles. The van der Waals surface area contributed by atoms with Crippen molar-refractivity contribution >= 4 is 35.4 Å². The zero-order chi connectivity index (χ0) is 10.8. The fourth-order valence-corrected chi connectivity index (χ4v) is 1.63. The molecule has 4 heteroatoms. The summed E-state index contributed by atoms with van der Waals surface area (Å²) in [5.41, 5.74) is 0.282. The fourth-order valence-electron chi connectivity index (χ4n) is 1.63. The molecule has 3 nitrogen and oxygen atoms in total. The van der Waals surface area contributed by atoms with Gasteiger partial charge in [-0.15, -0.1) is 12.4 Å². The number of fused-ring (bicyclic) bond motifs is 1. The molecule has 0 bridgehead atoms. The van der Waals surface area contributed by atoms with Gasteiger partial charge in [-0.05, 0) is 10.8 Å². The first-order valence-corrected chi connectivity index (χ1v) is 4.44. The van der Waals surface area contributed by atoms with Gasteiger partial charge >= 0.3 is 5.97 Å². The van der Waals surface area contributed by atoms with Crippen LogP contribution in [0.25, 0.3) is 10.8 Å². The van der Waals surface area contributed by atoms with E-state index in [-0.39, 0.29) is 23.5 Å². The first-order chi connectivity index (χ1) is 7.24. The van der Waals surface area contributed by atoms with E-state index in [4.69, 9.17) is 5.11 Å². The maximum Gasteiger partial charge on any atom is 0.337 e. The Morgan fingerprint density at radius 2 is 1.81 bits per heavy atom. The molecule has 1 N–H and O–H groups in total. The summed E-state index contributed by atoms with van der Waals surface area (Å²) in [4.78, 5) is 21.7. The highest BCUT2D eigenvalue weighted by Gasteiger charge is 2.13. The quantitative estimate of drug-likeness (QED) is 0.816. The minimum Gasteiger partial charge on any atom is -0.478 e. The predicted molar refractivity (Wildman–Crippen MR) is 63.5 cm³/mol. The molecule has 0 fully saturated rings. The number of benzene rings is 2. The molecule has 2 aromatic rings. The van der Waals surface area contributed by atoms with E-state index in [0.29, 0.717) is 11.7 Å². The summed E-state index contributed by atoms with van der Waals surface area (Å²) in [5.74, 6) is -1.08. The Hall–Kier alpha value is -1.87. The lowest BCUT2D eigenvalue weighted by atomic mass is 10.00. The van der Waals surface area contributed by atoms with Gasteiger partial charge in [-0.3, -0.25) is 4.79 Å². The first kappa shape index (κ1) is 12.2. The van der Waals surface area contributed by atoms with Crippen molar-refractivity contribution in [2.24, 2.45) is 0 Å². The molecule has 0 aromatic heterocycles. The Morgan fingerprint density at radius 1 is 1.12 bits per heavy atom. The van der Waals surface area contributed by atoms with E-state index in [9.17, 15) is 9.59 Å². The second-order valence-corrected chi connectivity index (χ2v) is 3.17. The van der Waals surface area contributed by atoms with Crippen molar-refractivity contribution in [3.63, 3.8) is 0 Å². The Labute approximate surface area is 98.1 Å². The Morgan fingerprint density at radius 3 is 2.44 bits per heavy atom. The zero-order valence-corrected chi connectivity index (χ0v) is 9.03. The maximum atomic E-state index is 11.0. The molecule has 0 radical (unpaired) electrons. The monoisotopic (exact) mass is 236 g/mol. The largest absolute Gasteiger partial charge is 0.478 e. The minimum absolute atomic E-state index is 0. The Bertz CT molecular complexity index is 549. The van der Waals surface area contributed by atoms with Gasteiger partial charge in [-0.1, -0.05) is 36.4 Å². The van der Waals surface area contributed by atoms with Crippen molar-refractivity contribution in [2.75, 3.05) is 0 Å². The van der Waals surface area contributed by atoms with Crippen molar-refractivity contribution < 1.29 is 14.7 Å². The molecule has 82 valence electrons. The van der Waals surface area contributed by atoms with Crippen LogP contribution < -0.4 is 0 Å². The molecular formula is C12H9ClO3. The fraction of sp³-hybridized carbons (Fsp3) is 0. The average Bonchev–Trinajstić information content (AvgIpc) is 2.27. The van der Waals surface area contributed by atoms with Crippen molar-refractivity contribution in [3.05, 3.63) is 47.5 Å². The van der Waals surface area contributed by atoms with Gasteiger partial charge < -0.3 is 5.11 Å². The standard InChI is InChI=1S/C12H8O3.ClH/c13-7-9-6-5-8-3-1-2-4-10(8)11(9)12(14)15;/h1-7H,(H,14,15);1H. The first-order valence-electron chi connectivity index (χ1n) is 4.44. The SMILES string of the molecule is Cl.O=Cc1ccc2ccccc2c1C(=O)O. The number of rotatable bonds is 2. The van der Waals surface area contributed by atoms with E-state index >= 15 is 0 Å². The molecule has 16 heavy (non-hydrogen) atoms. The number of hydrogen-bond acceptors (Lipinski definition) is 2. The molecule has 0 aliphatic rings. The zero-order valence-electron chi connectivity index (χ0n) is 8.21. The Kier molecular flexibility index (Phi) is 3.64. The number of carboxylic acids is 1. The number of aldehydes is 1. The molecule has 0 atom stereocenters. The minimum atomic E-state index is -1.08. The molecule has 0 unspecified atom stereocenters. The van der Waals surface area contributed by atoms with Gasteiger partial charge in [0.25, 0.3) is 0 Å². The summed E-state index contributed by atoms with van der Waals surface area (Å²) in [6, 6.07) is 10.4. The second-order valence-electron chi connectivity index (χ2n) is 3.17. The maximum absolute atomic E-state index is 11.0. The molecular weight excluding hydrogens is 228 g/mol. The molecule has 0 amide bonds. The second kappa shape index (κ2) is 4.77. The van der Waals surface area contributed by atoms with Crippen LogP contribution in [0.5, 0.6) is 0 Å². The number of halogens is 1. The highest BCUT2D eigenvalue weighted by atomic mass is 35.5. The van der Waals surface area contributed by atoms with Crippen LogP contribution in [0.4, 0.5) is 0 Å². The molecule has 0 heterocycles. The van der Waals surface area contributed by atoms with Crippen LogP contribution in [-0.4, -0.2) is 17.4 Å². The highest BCUT2D eigenvalue weighted by molar-refractivity contribution is 6.09. The summed E-state index contributed by atoms with van der Waals surface area (Å²) in [6.07, 6.45) is 0.565. The van der Waals surface area contributed by atoms with Crippen LogP contribution in [-0.2, 0) is 0 Å². The van der Waals surface area contributed by atoms with Crippen molar-refractivity contribution in [2.45, 2.75) is 0 Å². The van der Waals surface area contributed by atoms with E-state index < -0.39 is 5.97 Å². The van der Waals surface area contributed by atoms with Crippen molar-refractivity contribution in [1.82, 2.24) is 0 Å². The van der Waals surface area contributed by atoms with Gasteiger partial charge in [0, 0.05) is 5.56 Å². The van der Waals surface area contributed by atoms with E-state index in [1.54, 1.807) is 18.2 Å². The van der Waals surface area contributed by atoms with Crippen LogP contribution in [0.1, 0.15) is 20.7 Å². The third-order valence-electron chi connectivity index (χ3n) is 2.30. The van der Waals surface area contributed by atoms with Gasteiger partial charge in [-0.25, -0.2) is 4.79 Å². The summed E-state index contributed by atoms with van der Waals surface area (Å²) in [7, 11) is 0. The van der Waals surface area contributed by atoms with E-state index in [2.05, 4.69) is 0 Å². The van der Waals surface area contributed by atoms with Crippen LogP contribution in [0.2, 0.25) is 0 Å². The predicted octanol–water partition coefficient (Wildman–Crippen LogP) is 2.77. The summed E-state index contributed by atoms with van der Waals surface area (Å²) < 4.78 is 0. The number of hydrogen-bond donors (Lipinski definition) is 1. The van der Waals surface area contributed by atoms with Crippen LogP contribution in [0, 0.1) is 0 Å². The van der Waals surface area contributed by atoms with Crippen LogP contribution >= 0.6 is 12.4 Å². The van der Waals surface area contributed by atoms with Gasteiger partial charge in [0.1, 0.15) is 0 Å². The number of carbonyl (C=O) groups is 2. The lowest BCUT2D eigenvalue weighted by Gasteiger charge is -2.04. The lowest BCUT2D eigenvalue weighted by Crippen LogP contribution is -2.02. The third kappa shape index (κ3) is 1.90. The van der Waals surface area contributed by atoms with Gasteiger partial charge in [0.15, 0.2) is 6.29 Å². The average molecular weight is 237 g/mol. The van der Waals surface area contributed by atoms with Crippen molar-refractivity contribution in [3.8, 4) is 0 Å². The molecule has 2 aromatic carbocycles. The van der Waals surface area contributed by atoms with Gasteiger partial charge in [0.2, 0.25) is 0 Å². The molecule has 0 aliphatic carbocycles. The lowest BCUT2D eigenvalue weighted by molar-refractivity contribution is 0.0696. The normalized spacial score (nSPS) is 9.50. The molecule has 0 spiro atoms. The summed E-state index contributed by atoms with van der Waals surface area (Å²) in [6.45, 7) is 0. The Balaban J connectivity index is 0.00000128. The number of carboxylic acid groups (broad SMARTS) is 1. The van der Waals surface area contributed by atoms with Crippen LogP contribution in [0.15, 0.2) is 36.4 Å². The van der Waals surface area contributed by atoms with E-state index in [1.165, 1.54) is 6.07 Å². The summed E-state index contributed by atoms with van der Waals surface area (Å²) in [5, 5.41) is 10.4. The van der Waals surface area contributed by atoms with Crippen LogP contribution in [0.3, 0.4) is 0 Å². The van der Waals surface area contributed by atoms with Gasteiger partial charge in [-0.2, -0.15) is 0 Å². The smallest absolute Gasteiger partial charge is 0.337 e. The summed E-state index contributed by atoms with van der Waals surface area (Å²) >= 11 is 0. The molecule has 0 saturated carbocycles. The molecule has 0 saturated heterocycles. The number of aromatic carboxylic acids is 1. The third-order valence-corrected chi connectivity index (χ3v) is 2.30. The highest BCUT2D eigenvalue weighted by Crippen LogP contribution is 2.21. The number of carbonyl (C=O) groups excluding carboxylic acids is 1. The van der Waals surface area contributed by atoms with Crippen molar-refractivity contribution in [1.29, 1.82) is 0 Å². The van der Waals surface area contributed by atoms with E-state index in [0.717, 1.165) is 5.39 Å². The van der Waals surface area contributed by atoms with E-state index in [1.807, 2.05) is 12.1 Å². The topological polar surface area (TPSA) is 54.4 Å².